The first kappa shape index (κ1) is 14.7. The summed E-state index contributed by atoms with van der Waals surface area (Å²) in [7, 11) is -3.52. The minimum Gasteiger partial charge on any atom is -0.274 e. The van der Waals surface area contributed by atoms with Crippen LogP contribution >= 0.6 is 11.3 Å². The second kappa shape index (κ2) is 5.72. The zero-order valence-electron chi connectivity index (χ0n) is 11.1. The van der Waals surface area contributed by atoms with Crippen LogP contribution in [-0.4, -0.2) is 25.6 Å². The number of nitrogens with one attached hydrogen (secondary N) is 1. The number of benzene rings is 1. The molecule has 1 aromatic carbocycles. The molecular formula is C13H14N2O3S2. The third kappa shape index (κ3) is 4.14. The highest BCUT2D eigenvalue weighted by atomic mass is 32.2. The van der Waals surface area contributed by atoms with Gasteiger partial charge < -0.3 is 0 Å². The summed E-state index contributed by atoms with van der Waals surface area (Å²) in [6, 6.07) is 7.91. The van der Waals surface area contributed by atoms with Crippen molar-refractivity contribution < 1.29 is 13.2 Å². The van der Waals surface area contributed by atoms with Crippen LogP contribution in [0.5, 0.6) is 0 Å². The number of amides is 1. The van der Waals surface area contributed by atoms with Gasteiger partial charge in [0.15, 0.2) is 0 Å². The van der Waals surface area contributed by atoms with Crippen molar-refractivity contribution in [3.8, 4) is 10.6 Å². The van der Waals surface area contributed by atoms with Gasteiger partial charge in [-0.05, 0) is 13.0 Å². The van der Waals surface area contributed by atoms with E-state index in [1.165, 1.54) is 11.3 Å². The summed E-state index contributed by atoms with van der Waals surface area (Å²) in [6.45, 7) is 2.00. The molecule has 0 unspecified atom stereocenters. The van der Waals surface area contributed by atoms with Gasteiger partial charge in [-0.3, -0.25) is 9.52 Å². The molecule has 1 aromatic heterocycles. The molecule has 0 aliphatic heterocycles. The van der Waals surface area contributed by atoms with Gasteiger partial charge in [0.25, 0.3) is 0 Å². The standard InChI is InChI=1S/C13H14N2O3S2/c1-9-4-3-5-10(6-9)13-14-11(8-19-13)7-12(16)15-20(2,17)18/h3-6,8H,7H2,1-2H3,(H,15,16). The van der Waals surface area contributed by atoms with Crippen molar-refractivity contribution in [2.75, 3.05) is 6.26 Å². The largest absolute Gasteiger partial charge is 0.274 e. The summed E-state index contributed by atoms with van der Waals surface area (Å²) in [6.07, 6.45) is 0.902. The Hall–Kier alpha value is -1.73. The minimum atomic E-state index is -3.52. The number of nitrogens with zero attached hydrogens (tertiary/aromatic N) is 1. The number of rotatable bonds is 4. The molecule has 0 spiro atoms. The molecule has 0 saturated heterocycles. The number of aryl methyl sites for hydroxylation is 1. The topological polar surface area (TPSA) is 76.1 Å². The Bertz CT molecular complexity index is 736. The van der Waals surface area contributed by atoms with Gasteiger partial charge in [-0.15, -0.1) is 11.3 Å². The highest BCUT2D eigenvalue weighted by molar-refractivity contribution is 7.89. The summed E-state index contributed by atoms with van der Waals surface area (Å²) >= 11 is 1.43. The lowest BCUT2D eigenvalue weighted by molar-refractivity contribution is -0.118. The van der Waals surface area contributed by atoms with Gasteiger partial charge in [-0.25, -0.2) is 13.4 Å². The molecule has 2 aromatic rings. The number of carbonyl (C=O) groups excluding carboxylic acids is 1. The molecule has 0 atom stereocenters. The lowest BCUT2D eigenvalue weighted by atomic mass is 10.1. The third-order valence-electron chi connectivity index (χ3n) is 2.46. The summed E-state index contributed by atoms with van der Waals surface area (Å²) in [4.78, 5) is 15.9. The molecule has 1 heterocycles. The maximum absolute atomic E-state index is 11.5. The minimum absolute atomic E-state index is 0.0462. The van der Waals surface area contributed by atoms with Crippen LogP contribution in [-0.2, 0) is 21.2 Å². The van der Waals surface area contributed by atoms with E-state index < -0.39 is 15.9 Å². The maximum Gasteiger partial charge on any atom is 0.239 e. The quantitative estimate of drug-likeness (QED) is 0.933. The Morgan fingerprint density at radius 3 is 2.80 bits per heavy atom. The predicted molar refractivity (Wildman–Crippen MR) is 79.0 cm³/mol. The second-order valence-electron chi connectivity index (χ2n) is 4.49. The van der Waals surface area contributed by atoms with Crippen LogP contribution in [0, 0.1) is 6.92 Å². The van der Waals surface area contributed by atoms with Gasteiger partial charge in [0.2, 0.25) is 15.9 Å². The van der Waals surface area contributed by atoms with Crippen molar-refractivity contribution in [3.63, 3.8) is 0 Å². The van der Waals surface area contributed by atoms with Crippen molar-refractivity contribution in [2.24, 2.45) is 0 Å². The van der Waals surface area contributed by atoms with Gasteiger partial charge >= 0.3 is 0 Å². The summed E-state index contributed by atoms with van der Waals surface area (Å²) in [5.74, 6) is -0.575. The van der Waals surface area contributed by atoms with Crippen LogP contribution in [0.3, 0.4) is 0 Å². The average Bonchev–Trinajstić information content (AvgIpc) is 2.74. The molecule has 2 rings (SSSR count). The molecule has 0 saturated carbocycles. The molecule has 0 bridgehead atoms. The number of carbonyl (C=O) groups is 1. The SMILES string of the molecule is Cc1cccc(-c2nc(CC(=O)NS(C)(=O)=O)cs2)c1. The van der Waals surface area contributed by atoms with E-state index in [1.54, 1.807) is 5.38 Å². The zero-order valence-corrected chi connectivity index (χ0v) is 12.7. The molecule has 5 nitrogen and oxygen atoms in total. The first-order chi connectivity index (χ1) is 9.33. The number of sulfonamides is 1. The third-order valence-corrected chi connectivity index (χ3v) is 4.00. The number of hydrogen-bond donors (Lipinski definition) is 1. The van der Waals surface area contributed by atoms with Crippen molar-refractivity contribution in [1.82, 2.24) is 9.71 Å². The van der Waals surface area contributed by atoms with E-state index in [0.717, 1.165) is 22.4 Å². The Labute approximate surface area is 121 Å². The van der Waals surface area contributed by atoms with Crippen LogP contribution in [0.2, 0.25) is 0 Å². The maximum atomic E-state index is 11.5. The fourth-order valence-corrected chi connectivity index (χ4v) is 3.01. The lowest BCUT2D eigenvalue weighted by Gasteiger charge is -2.00. The van der Waals surface area contributed by atoms with Crippen LogP contribution in [0.15, 0.2) is 29.6 Å². The molecule has 20 heavy (non-hydrogen) atoms. The molecule has 0 fully saturated rings. The van der Waals surface area contributed by atoms with Crippen LogP contribution in [0.4, 0.5) is 0 Å². The van der Waals surface area contributed by atoms with Crippen molar-refractivity contribution in [2.45, 2.75) is 13.3 Å². The van der Waals surface area contributed by atoms with E-state index in [9.17, 15) is 13.2 Å². The zero-order chi connectivity index (χ0) is 14.8. The van der Waals surface area contributed by atoms with Crippen LogP contribution in [0.1, 0.15) is 11.3 Å². The van der Waals surface area contributed by atoms with E-state index in [-0.39, 0.29) is 6.42 Å². The first-order valence-electron chi connectivity index (χ1n) is 5.85. The molecule has 1 N–H and O–H groups in total. The Morgan fingerprint density at radius 1 is 1.40 bits per heavy atom. The van der Waals surface area contributed by atoms with E-state index in [2.05, 4.69) is 4.98 Å². The summed E-state index contributed by atoms with van der Waals surface area (Å²) in [5, 5.41) is 2.58. The van der Waals surface area contributed by atoms with Crippen LogP contribution in [0.25, 0.3) is 10.6 Å². The lowest BCUT2D eigenvalue weighted by Crippen LogP contribution is -2.30. The molecule has 0 aliphatic rings. The molecule has 1 amide bonds. The molecule has 7 heteroatoms. The predicted octanol–water partition coefficient (Wildman–Crippen LogP) is 1.74. The molecular weight excluding hydrogens is 296 g/mol. The fraction of sp³-hybridized carbons (Fsp3) is 0.231. The van der Waals surface area contributed by atoms with E-state index in [1.807, 2.05) is 35.9 Å². The molecule has 106 valence electrons. The van der Waals surface area contributed by atoms with Gasteiger partial charge in [0.05, 0.1) is 18.4 Å². The highest BCUT2D eigenvalue weighted by Gasteiger charge is 2.12. The number of thiazole rings is 1. The van der Waals surface area contributed by atoms with Crippen molar-refractivity contribution in [1.29, 1.82) is 0 Å². The Morgan fingerprint density at radius 2 is 2.15 bits per heavy atom. The second-order valence-corrected chi connectivity index (χ2v) is 7.09. The van der Waals surface area contributed by atoms with Crippen LogP contribution < -0.4 is 4.72 Å². The first-order valence-corrected chi connectivity index (χ1v) is 8.63. The van der Waals surface area contributed by atoms with E-state index >= 15 is 0 Å². The monoisotopic (exact) mass is 310 g/mol. The van der Waals surface area contributed by atoms with E-state index in [0.29, 0.717) is 5.69 Å². The van der Waals surface area contributed by atoms with Gasteiger partial charge in [0.1, 0.15) is 5.01 Å². The number of aromatic nitrogens is 1. The van der Waals surface area contributed by atoms with Gasteiger partial charge in [0, 0.05) is 10.9 Å². The van der Waals surface area contributed by atoms with Crippen molar-refractivity contribution in [3.05, 3.63) is 40.9 Å². The van der Waals surface area contributed by atoms with E-state index in [4.69, 9.17) is 0 Å². The Balaban J connectivity index is 2.12. The van der Waals surface area contributed by atoms with Gasteiger partial charge in [-0.1, -0.05) is 23.8 Å². The smallest absolute Gasteiger partial charge is 0.239 e. The molecule has 0 aliphatic carbocycles. The fourth-order valence-electron chi connectivity index (χ4n) is 1.71. The van der Waals surface area contributed by atoms with Gasteiger partial charge in [-0.2, -0.15) is 0 Å². The number of hydrogen-bond acceptors (Lipinski definition) is 5. The summed E-state index contributed by atoms with van der Waals surface area (Å²) in [5.41, 5.74) is 2.69. The molecule has 0 radical (unpaired) electrons. The average molecular weight is 310 g/mol. The van der Waals surface area contributed by atoms with Crippen molar-refractivity contribution >= 4 is 27.3 Å². The summed E-state index contributed by atoms with van der Waals surface area (Å²) < 4.78 is 23.8. The Kier molecular flexibility index (Phi) is 4.20. The normalized spacial score (nSPS) is 11.3. The highest BCUT2D eigenvalue weighted by Crippen LogP contribution is 2.24.